The summed E-state index contributed by atoms with van der Waals surface area (Å²) in [7, 11) is 0. The Kier molecular flexibility index (Phi) is 4.54. The third-order valence-electron chi connectivity index (χ3n) is 5.13. The van der Waals surface area contributed by atoms with Crippen molar-refractivity contribution < 1.29 is 9.69 Å². The van der Waals surface area contributed by atoms with E-state index >= 15 is 0 Å². The van der Waals surface area contributed by atoms with Crippen LogP contribution >= 0.6 is 0 Å². The van der Waals surface area contributed by atoms with Gasteiger partial charge in [-0.15, -0.1) is 0 Å². The number of piperazine rings is 1. The number of nitrogens with one attached hydrogen (secondary N) is 1. The summed E-state index contributed by atoms with van der Waals surface area (Å²) in [5.74, 6) is 1.04. The summed E-state index contributed by atoms with van der Waals surface area (Å²) in [6, 6.07) is 4.45. The molecule has 1 amide bonds. The van der Waals surface area contributed by atoms with Crippen molar-refractivity contribution in [1.29, 1.82) is 0 Å². The predicted molar refractivity (Wildman–Crippen MR) is 82.3 cm³/mol. The summed E-state index contributed by atoms with van der Waals surface area (Å²) in [6.45, 7) is 6.37. The van der Waals surface area contributed by atoms with Gasteiger partial charge in [0.2, 0.25) is 0 Å². The average molecular weight is 288 g/mol. The number of aromatic nitrogens is 1. The van der Waals surface area contributed by atoms with Gasteiger partial charge in [-0.25, -0.2) is 0 Å². The maximum atomic E-state index is 12.4. The molecular weight excluding hydrogens is 262 g/mol. The molecular formula is C17H26N3O+. The Labute approximate surface area is 127 Å². The highest BCUT2D eigenvalue weighted by molar-refractivity contribution is 5.94. The summed E-state index contributed by atoms with van der Waals surface area (Å²) in [6.07, 6.45) is 8.91. The number of pyridine rings is 1. The first-order valence-electron chi connectivity index (χ1n) is 8.28. The van der Waals surface area contributed by atoms with Crippen molar-refractivity contribution in [3.8, 4) is 0 Å². The standard InChI is InChI=1S/C17H25N3O/c1-14-3-2-4-16(13-14)19-9-11-20(12-10-19)17(21)15-5-7-18-8-6-15/h5-8,14,16H,2-4,9-13H2,1H3/p+1/t14-,16+/m1/s1. The van der Waals surface area contributed by atoms with Crippen LogP contribution in [-0.2, 0) is 0 Å². The fraction of sp³-hybridized carbons (Fsp3) is 0.647. The second-order valence-corrected chi connectivity index (χ2v) is 6.66. The van der Waals surface area contributed by atoms with E-state index in [1.54, 1.807) is 17.3 Å². The van der Waals surface area contributed by atoms with Crippen molar-refractivity contribution in [3.05, 3.63) is 30.1 Å². The third kappa shape index (κ3) is 3.43. The van der Waals surface area contributed by atoms with Crippen LogP contribution in [0.4, 0.5) is 0 Å². The zero-order chi connectivity index (χ0) is 14.7. The molecule has 0 unspecified atom stereocenters. The van der Waals surface area contributed by atoms with Crippen LogP contribution in [0.5, 0.6) is 0 Å². The molecule has 2 aliphatic rings. The zero-order valence-electron chi connectivity index (χ0n) is 12.9. The molecule has 1 saturated heterocycles. The van der Waals surface area contributed by atoms with Crippen LogP contribution in [-0.4, -0.2) is 48.0 Å². The van der Waals surface area contributed by atoms with Crippen LogP contribution in [0, 0.1) is 5.92 Å². The van der Waals surface area contributed by atoms with Gasteiger partial charge in [-0.2, -0.15) is 0 Å². The van der Waals surface area contributed by atoms with E-state index in [1.165, 1.54) is 25.7 Å². The first-order valence-corrected chi connectivity index (χ1v) is 8.28. The molecule has 1 aliphatic carbocycles. The van der Waals surface area contributed by atoms with Gasteiger partial charge in [0, 0.05) is 24.4 Å². The molecule has 21 heavy (non-hydrogen) atoms. The van der Waals surface area contributed by atoms with Crippen molar-refractivity contribution in [2.24, 2.45) is 5.92 Å². The molecule has 2 heterocycles. The summed E-state index contributed by atoms with van der Waals surface area (Å²) in [5.41, 5.74) is 0.764. The number of hydrogen-bond acceptors (Lipinski definition) is 2. The third-order valence-corrected chi connectivity index (χ3v) is 5.13. The summed E-state index contributed by atoms with van der Waals surface area (Å²) in [5, 5.41) is 0. The fourth-order valence-corrected chi connectivity index (χ4v) is 3.89. The fourth-order valence-electron chi connectivity index (χ4n) is 3.89. The zero-order valence-corrected chi connectivity index (χ0v) is 12.9. The number of amides is 1. The van der Waals surface area contributed by atoms with Crippen LogP contribution < -0.4 is 4.90 Å². The summed E-state index contributed by atoms with van der Waals surface area (Å²) >= 11 is 0. The van der Waals surface area contributed by atoms with Crippen LogP contribution in [0.25, 0.3) is 0 Å². The molecule has 2 atom stereocenters. The Bertz CT molecular complexity index is 468. The van der Waals surface area contributed by atoms with Crippen LogP contribution in [0.2, 0.25) is 0 Å². The normalized spacial score (nSPS) is 27.6. The average Bonchev–Trinajstić information content (AvgIpc) is 2.55. The second kappa shape index (κ2) is 6.56. The van der Waals surface area contributed by atoms with E-state index in [4.69, 9.17) is 0 Å². The molecule has 0 aromatic carbocycles. The van der Waals surface area contributed by atoms with E-state index in [0.717, 1.165) is 43.7 Å². The van der Waals surface area contributed by atoms with Gasteiger partial charge < -0.3 is 9.80 Å². The lowest BCUT2D eigenvalue weighted by molar-refractivity contribution is -0.930. The number of quaternary nitrogens is 1. The minimum Gasteiger partial charge on any atom is -0.330 e. The number of carbonyl (C=O) groups excluding carboxylic acids is 1. The molecule has 1 N–H and O–H groups in total. The Balaban J connectivity index is 1.54. The monoisotopic (exact) mass is 288 g/mol. The van der Waals surface area contributed by atoms with Crippen molar-refractivity contribution >= 4 is 5.91 Å². The van der Waals surface area contributed by atoms with E-state index in [2.05, 4.69) is 11.9 Å². The molecule has 1 saturated carbocycles. The lowest BCUT2D eigenvalue weighted by Crippen LogP contribution is -3.18. The minimum absolute atomic E-state index is 0.161. The van der Waals surface area contributed by atoms with Crippen molar-refractivity contribution in [2.75, 3.05) is 26.2 Å². The van der Waals surface area contributed by atoms with Crippen LogP contribution in [0.15, 0.2) is 24.5 Å². The Morgan fingerprint density at radius 1 is 1.24 bits per heavy atom. The molecule has 0 bridgehead atoms. The molecule has 3 rings (SSSR count). The first kappa shape index (κ1) is 14.5. The van der Waals surface area contributed by atoms with Gasteiger partial charge in [0.25, 0.3) is 5.91 Å². The van der Waals surface area contributed by atoms with Crippen LogP contribution in [0.1, 0.15) is 43.0 Å². The molecule has 1 aromatic heterocycles. The molecule has 114 valence electrons. The van der Waals surface area contributed by atoms with Gasteiger partial charge in [0.15, 0.2) is 0 Å². The highest BCUT2D eigenvalue weighted by Crippen LogP contribution is 2.22. The van der Waals surface area contributed by atoms with E-state index in [9.17, 15) is 4.79 Å². The first-order chi connectivity index (χ1) is 10.2. The van der Waals surface area contributed by atoms with Gasteiger partial charge in [0.1, 0.15) is 0 Å². The van der Waals surface area contributed by atoms with Gasteiger partial charge in [-0.3, -0.25) is 9.78 Å². The van der Waals surface area contributed by atoms with E-state index in [-0.39, 0.29) is 5.91 Å². The number of rotatable bonds is 2. The Morgan fingerprint density at radius 3 is 2.62 bits per heavy atom. The lowest BCUT2D eigenvalue weighted by Gasteiger charge is -2.39. The molecule has 4 heteroatoms. The molecule has 0 radical (unpaired) electrons. The summed E-state index contributed by atoms with van der Waals surface area (Å²) in [4.78, 5) is 20.1. The van der Waals surface area contributed by atoms with Gasteiger partial charge in [-0.05, 0) is 30.9 Å². The lowest BCUT2D eigenvalue weighted by atomic mass is 9.86. The SMILES string of the molecule is C[C@@H]1CCC[C@H]([NH+]2CCN(C(=O)c3ccncc3)CC2)C1. The Morgan fingerprint density at radius 2 is 1.95 bits per heavy atom. The maximum absolute atomic E-state index is 12.4. The number of nitrogens with zero attached hydrogens (tertiary/aromatic N) is 2. The van der Waals surface area contributed by atoms with E-state index < -0.39 is 0 Å². The van der Waals surface area contributed by atoms with E-state index in [0.29, 0.717) is 0 Å². The highest BCUT2D eigenvalue weighted by Gasteiger charge is 2.32. The second-order valence-electron chi connectivity index (χ2n) is 6.66. The van der Waals surface area contributed by atoms with Gasteiger partial charge in [0.05, 0.1) is 32.2 Å². The topological polar surface area (TPSA) is 37.6 Å². The molecule has 0 spiro atoms. The van der Waals surface area contributed by atoms with E-state index in [1.807, 2.05) is 17.0 Å². The quantitative estimate of drug-likeness (QED) is 0.881. The number of carbonyl (C=O) groups is 1. The van der Waals surface area contributed by atoms with Gasteiger partial charge in [-0.1, -0.05) is 13.3 Å². The molecule has 1 aliphatic heterocycles. The minimum atomic E-state index is 0.161. The maximum Gasteiger partial charge on any atom is 0.254 e. The molecule has 1 aromatic rings. The highest BCUT2D eigenvalue weighted by atomic mass is 16.2. The molecule has 2 fully saturated rings. The van der Waals surface area contributed by atoms with Crippen molar-refractivity contribution in [2.45, 2.75) is 38.6 Å². The van der Waals surface area contributed by atoms with Crippen molar-refractivity contribution in [1.82, 2.24) is 9.88 Å². The van der Waals surface area contributed by atoms with Crippen LogP contribution in [0.3, 0.4) is 0 Å². The molecule has 4 nitrogen and oxygen atoms in total. The smallest absolute Gasteiger partial charge is 0.254 e. The van der Waals surface area contributed by atoms with Gasteiger partial charge >= 0.3 is 0 Å². The van der Waals surface area contributed by atoms with Crippen molar-refractivity contribution in [3.63, 3.8) is 0 Å². The number of hydrogen-bond donors (Lipinski definition) is 1. The summed E-state index contributed by atoms with van der Waals surface area (Å²) < 4.78 is 0. The predicted octanol–water partition coefficient (Wildman–Crippen LogP) is 1.00. The largest absolute Gasteiger partial charge is 0.330 e. The Hall–Kier alpha value is -1.42.